The van der Waals surface area contributed by atoms with Crippen molar-refractivity contribution in [1.29, 1.82) is 0 Å². The van der Waals surface area contributed by atoms with Crippen molar-refractivity contribution in [2.24, 2.45) is 0 Å². The standard InChI is InChI=1S/C25H27N3O3.C2H6/c1-17(22-8-4-6-18-5-2-3-7-23(18)22)27-20-13-14-28(16-20)21-11-9-19(10-12-21)25(31)26-15-24(29)30;1-2/h2-12,17,20,27H,13-16H2,1H3,(H,26,31)(H,29,30);1-2H3/t17?,20-;/m0./s1. The summed E-state index contributed by atoms with van der Waals surface area (Å²) in [6.07, 6.45) is 1.05. The molecule has 1 heterocycles. The monoisotopic (exact) mass is 447 g/mol. The number of anilines is 1. The first-order valence-electron chi connectivity index (χ1n) is 11.6. The lowest BCUT2D eigenvalue weighted by Crippen LogP contribution is -2.34. The van der Waals surface area contributed by atoms with Crippen molar-refractivity contribution in [2.45, 2.75) is 39.3 Å². The molecule has 33 heavy (non-hydrogen) atoms. The van der Waals surface area contributed by atoms with Crippen LogP contribution in [0.25, 0.3) is 10.8 Å². The molecule has 174 valence electrons. The molecule has 0 bridgehead atoms. The number of carboxylic acids is 1. The largest absolute Gasteiger partial charge is 0.480 e. The van der Waals surface area contributed by atoms with Crippen molar-refractivity contribution in [2.75, 3.05) is 24.5 Å². The van der Waals surface area contributed by atoms with E-state index in [9.17, 15) is 9.59 Å². The van der Waals surface area contributed by atoms with E-state index in [1.54, 1.807) is 12.1 Å². The number of rotatable bonds is 7. The van der Waals surface area contributed by atoms with Crippen molar-refractivity contribution in [1.82, 2.24) is 10.6 Å². The fraction of sp³-hybridized carbons (Fsp3) is 0.333. The molecule has 1 amide bonds. The predicted molar refractivity (Wildman–Crippen MR) is 134 cm³/mol. The van der Waals surface area contributed by atoms with Crippen LogP contribution in [0.15, 0.2) is 66.7 Å². The molecule has 6 nitrogen and oxygen atoms in total. The van der Waals surface area contributed by atoms with Gasteiger partial charge in [-0.2, -0.15) is 0 Å². The van der Waals surface area contributed by atoms with Gasteiger partial charge in [0.05, 0.1) is 0 Å². The minimum atomic E-state index is -1.06. The van der Waals surface area contributed by atoms with Gasteiger partial charge in [-0.3, -0.25) is 9.59 Å². The SMILES string of the molecule is CC.CC(N[C@H]1CCN(c2ccc(C(=O)NCC(=O)O)cc2)C1)c1cccc2ccccc12. The summed E-state index contributed by atoms with van der Waals surface area (Å²) in [6.45, 7) is 7.69. The van der Waals surface area contributed by atoms with Crippen molar-refractivity contribution >= 4 is 28.3 Å². The van der Waals surface area contributed by atoms with Crippen LogP contribution in [-0.2, 0) is 4.79 Å². The van der Waals surface area contributed by atoms with Gasteiger partial charge in [0.25, 0.3) is 5.91 Å². The number of fused-ring (bicyclic) bond motifs is 1. The third kappa shape index (κ3) is 6.11. The van der Waals surface area contributed by atoms with E-state index in [2.05, 4.69) is 64.9 Å². The number of nitrogens with one attached hydrogen (secondary N) is 2. The van der Waals surface area contributed by atoms with Gasteiger partial charge in [-0.1, -0.05) is 56.3 Å². The molecule has 0 aliphatic carbocycles. The van der Waals surface area contributed by atoms with Crippen LogP contribution >= 0.6 is 0 Å². The smallest absolute Gasteiger partial charge is 0.322 e. The minimum absolute atomic E-state index is 0.247. The summed E-state index contributed by atoms with van der Waals surface area (Å²) in [5, 5.41) is 17.4. The molecular formula is C27H33N3O3. The first kappa shape index (κ1) is 24.3. The Hall–Kier alpha value is -3.38. The van der Waals surface area contributed by atoms with E-state index in [4.69, 9.17) is 5.11 Å². The second-order valence-corrected chi connectivity index (χ2v) is 8.01. The lowest BCUT2D eigenvalue weighted by atomic mass is 9.99. The molecule has 0 spiro atoms. The highest BCUT2D eigenvalue weighted by molar-refractivity contribution is 5.96. The fourth-order valence-corrected chi connectivity index (χ4v) is 4.28. The quantitative estimate of drug-likeness (QED) is 0.493. The number of carbonyl (C=O) groups is 2. The Morgan fingerprint density at radius 2 is 1.73 bits per heavy atom. The number of amides is 1. The average Bonchev–Trinajstić information content (AvgIpc) is 3.32. The van der Waals surface area contributed by atoms with Crippen LogP contribution in [0.2, 0.25) is 0 Å². The van der Waals surface area contributed by atoms with Gasteiger partial charge in [0, 0.05) is 36.4 Å². The van der Waals surface area contributed by atoms with E-state index in [0.717, 1.165) is 25.2 Å². The minimum Gasteiger partial charge on any atom is -0.480 e. The van der Waals surface area contributed by atoms with E-state index < -0.39 is 5.97 Å². The predicted octanol–water partition coefficient (Wildman–Crippen LogP) is 4.61. The Kier molecular flexibility index (Phi) is 8.44. The zero-order valence-corrected chi connectivity index (χ0v) is 19.5. The molecule has 0 saturated carbocycles. The second kappa shape index (κ2) is 11.5. The number of hydrogen-bond acceptors (Lipinski definition) is 4. The number of carbonyl (C=O) groups excluding carboxylic acids is 1. The van der Waals surface area contributed by atoms with Gasteiger partial charge in [-0.05, 0) is 53.9 Å². The molecule has 6 heteroatoms. The summed E-state index contributed by atoms with van der Waals surface area (Å²) in [6, 6.07) is 22.9. The molecule has 3 N–H and O–H groups in total. The van der Waals surface area contributed by atoms with E-state index in [-0.39, 0.29) is 18.5 Å². The molecule has 3 aromatic rings. The van der Waals surface area contributed by atoms with Gasteiger partial charge in [0.1, 0.15) is 6.54 Å². The van der Waals surface area contributed by atoms with Gasteiger partial charge < -0.3 is 20.6 Å². The van der Waals surface area contributed by atoms with Crippen LogP contribution in [0.5, 0.6) is 0 Å². The van der Waals surface area contributed by atoms with E-state index in [0.29, 0.717) is 11.6 Å². The topological polar surface area (TPSA) is 81.7 Å². The number of benzene rings is 3. The van der Waals surface area contributed by atoms with Gasteiger partial charge in [-0.25, -0.2) is 0 Å². The Balaban J connectivity index is 0.00000149. The fourth-order valence-electron chi connectivity index (χ4n) is 4.28. The summed E-state index contributed by atoms with van der Waals surface area (Å²) < 4.78 is 0. The number of hydrogen-bond donors (Lipinski definition) is 3. The van der Waals surface area contributed by atoms with Crippen LogP contribution in [0, 0.1) is 0 Å². The number of nitrogens with zero attached hydrogens (tertiary/aromatic N) is 1. The molecular weight excluding hydrogens is 414 g/mol. The maximum absolute atomic E-state index is 12.0. The number of carboxylic acid groups (broad SMARTS) is 1. The van der Waals surface area contributed by atoms with Crippen LogP contribution in [-0.4, -0.2) is 42.7 Å². The third-order valence-corrected chi connectivity index (χ3v) is 5.86. The molecule has 1 fully saturated rings. The molecule has 1 aliphatic rings. The molecule has 0 radical (unpaired) electrons. The first-order valence-corrected chi connectivity index (χ1v) is 11.6. The van der Waals surface area contributed by atoms with Crippen LogP contribution in [0.4, 0.5) is 5.69 Å². The molecule has 2 atom stereocenters. The molecule has 0 aromatic heterocycles. The van der Waals surface area contributed by atoms with E-state index >= 15 is 0 Å². The highest BCUT2D eigenvalue weighted by Gasteiger charge is 2.24. The summed E-state index contributed by atoms with van der Waals surface area (Å²) >= 11 is 0. The average molecular weight is 448 g/mol. The van der Waals surface area contributed by atoms with Gasteiger partial charge >= 0.3 is 5.97 Å². The lowest BCUT2D eigenvalue weighted by Gasteiger charge is -2.23. The molecule has 4 rings (SSSR count). The Morgan fingerprint density at radius 1 is 1.03 bits per heavy atom. The Morgan fingerprint density at radius 3 is 2.45 bits per heavy atom. The second-order valence-electron chi connectivity index (χ2n) is 8.01. The zero-order chi connectivity index (χ0) is 23.8. The highest BCUT2D eigenvalue weighted by Crippen LogP contribution is 2.26. The zero-order valence-electron chi connectivity index (χ0n) is 19.5. The Labute approximate surface area is 195 Å². The van der Waals surface area contributed by atoms with Crippen LogP contribution in [0.3, 0.4) is 0 Å². The van der Waals surface area contributed by atoms with Crippen molar-refractivity contribution in [3.05, 3.63) is 77.9 Å². The Bertz CT molecular complexity index is 1080. The van der Waals surface area contributed by atoms with Gasteiger partial charge in [0.15, 0.2) is 0 Å². The molecule has 3 aromatic carbocycles. The van der Waals surface area contributed by atoms with E-state index in [1.807, 2.05) is 26.0 Å². The summed E-state index contributed by atoms with van der Waals surface area (Å²) in [5.41, 5.74) is 2.84. The van der Waals surface area contributed by atoms with Crippen molar-refractivity contribution in [3.63, 3.8) is 0 Å². The first-order chi connectivity index (χ1) is 16.0. The maximum Gasteiger partial charge on any atom is 0.322 e. The lowest BCUT2D eigenvalue weighted by molar-refractivity contribution is -0.135. The van der Waals surface area contributed by atoms with Crippen LogP contribution < -0.4 is 15.5 Å². The van der Waals surface area contributed by atoms with Crippen molar-refractivity contribution < 1.29 is 14.7 Å². The third-order valence-electron chi connectivity index (χ3n) is 5.86. The van der Waals surface area contributed by atoms with Crippen molar-refractivity contribution in [3.8, 4) is 0 Å². The summed E-state index contributed by atoms with van der Waals surface area (Å²) in [7, 11) is 0. The highest BCUT2D eigenvalue weighted by atomic mass is 16.4. The molecule has 1 aliphatic heterocycles. The van der Waals surface area contributed by atoms with E-state index in [1.165, 1.54) is 16.3 Å². The number of aliphatic carboxylic acids is 1. The maximum atomic E-state index is 12.0. The van der Waals surface area contributed by atoms with Gasteiger partial charge in [-0.15, -0.1) is 0 Å². The summed E-state index contributed by atoms with van der Waals surface area (Å²) in [5.74, 6) is -1.43. The normalized spacial score (nSPS) is 16.1. The van der Waals surface area contributed by atoms with Gasteiger partial charge in [0.2, 0.25) is 0 Å². The molecule has 1 saturated heterocycles. The molecule has 1 unspecified atom stereocenters. The van der Waals surface area contributed by atoms with Crippen LogP contribution in [0.1, 0.15) is 49.2 Å². The summed E-state index contributed by atoms with van der Waals surface area (Å²) in [4.78, 5) is 24.9.